The average Bonchev–Trinajstić information content (AvgIpc) is 3.10. The number of sulfone groups is 1. The Morgan fingerprint density at radius 3 is 2.92 bits per heavy atom. The van der Waals surface area contributed by atoms with E-state index in [1.165, 1.54) is 11.3 Å². The number of amides is 1. The minimum atomic E-state index is -3.00. The van der Waals surface area contributed by atoms with Crippen molar-refractivity contribution in [3.8, 4) is 16.3 Å². The lowest BCUT2D eigenvalue weighted by molar-refractivity contribution is -0.120. The lowest BCUT2D eigenvalue weighted by atomic mass is 10.2. The Morgan fingerprint density at radius 1 is 1.44 bits per heavy atom. The van der Waals surface area contributed by atoms with Crippen LogP contribution in [0.15, 0.2) is 24.3 Å². The highest BCUT2D eigenvalue weighted by Crippen LogP contribution is 2.30. The Labute approximate surface area is 151 Å². The normalized spacial score (nSPS) is 18.9. The van der Waals surface area contributed by atoms with Crippen molar-refractivity contribution >= 4 is 27.1 Å². The first kappa shape index (κ1) is 17.9. The van der Waals surface area contributed by atoms with Gasteiger partial charge in [0, 0.05) is 16.5 Å². The molecule has 8 heteroatoms. The number of benzene rings is 1. The first-order valence-electron chi connectivity index (χ1n) is 7.97. The Morgan fingerprint density at radius 2 is 2.24 bits per heavy atom. The predicted molar refractivity (Wildman–Crippen MR) is 97.7 cm³/mol. The van der Waals surface area contributed by atoms with Crippen LogP contribution in [0.25, 0.3) is 10.6 Å². The van der Waals surface area contributed by atoms with Gasteiger partial charge in [-0.1, -0.05) is 12.1 Å². The van der Waals surface area contributed by atoms with Crippen LogP contribution in [0.3, 0.4) is 0 Å². The van der Waals surface area contributed by atoms with Crippen molar-refractivity contribution in [3.05, 3.63) is 34.8 Å². The van der Waals surface area contributed by atoms with Gasteiger partial charge in [0.2, 0.25) is 5.91 Å². The van der Waals surface area contributed by atoms with Crippen LogP contribution < -0.4 is 10.1 Å². The van der Waals surface area contributed by atoms with Crippen molar-refractivity contribution in [2.45, 2.75) is 25.8 Å². The van der Waals surface area contributed by atoms with Crippen molar-refractivity contribution in [1.82, 2.24) is 10.3 Å². The molecule has 25 heavy (non-hydrogen) atoms. The van der Waals surface area contributed by atoms with Crippen LogP contribution in [0.2, 0.25) is 0 Å². The fraction of sp³-hybridized carbons (Fsp3) is 0.412. The number of carbonyl (C=O) groups is 1. The van der Waals surface area contributed by atoms with E-state index < -0.39 is 9.84 Å². The quantitative estimate of drug-likeness (QED) is 0.857. The monoisotopic (exact) mass is 380 g/mol. The van der Waals surface area contributed by atoms with E-state index >= 15 is 0 Å². The maximum absolute atomic E-state index is 12.2. The summed E-state index contributed by atoms with van der Waals surface area (Å²) in [5, 5.41) is 3.65. The molecule has 1 atom stereocenters. The number of carbonyl (C=O) groups excluding carboxylic acids is 1. The van der Waals surface area contributed by atoms with Gasteiger partial charge in [0.1, 0.15) is 10.8 Å². The van der Waals surface area contributed by atoms with Gasteiger partial charge in [-0.15, -0.1) is 11.3 Å². The van der Waals surface area contributed by atoms with Crippen LogP contribution >= 0.6 is 11.3 Å². The summed E-state index contributed by atoms with van der Waals surface area (Å²) in [6.07, 6.45) is 0.703. The van der Waals surface area contributed by atoms with Gasteiger partial charge in [-0.3, -0.25) is 4.79 Å². The molecule has 3 rings (SSSR count). The van der Waals surface area contributed by atoms with Crippen molar-refractivity contribution in [3.63, 3.8) is 0 Å². The third-order valence-corrected chi connectivity index (χ3v) is 7.10. The van der Waals surface area contributed by atoms with E-state index in [-0.39, 0.29) is 29.9 Å². The van der Waals surface area contributed by atoms with Crippen LogP contribution in [-0.4, -0.2) is 44.0 Å². The van der Waals surface area contributed by atoms with Crippen molar-refractivity contribution < 1.29 is 17.9 Å². The summed E-state index contributed by atoms with van der Waals surface area (Å²) in [7, 11) is -1.38. The summed E-state index contributed by atoms with van der Waals surface area (Å²) < 4.78 is 28.2. The molecule has 1 unspecified atom stereocenters. The van der Waals surface area contributed by atoms with Crippen LogP contribution in [0.4, 0.5) is 0 Å². The largest absolute Gasteiger partial charge is 0.497 e. The first-order chi connectivity index (χ1) is 11.9. The molecular weight excluding hydrogens is 360 g/mol. The zero-order valence-electron chi connectivity index (χ0n) is 14.1. The Kier molecular flexibility index (Phi) is 5.10. The number of nitrogens with zero attached hydrogens (tertiary/aromatic N) is 1. The molecule has 134 valence electrons. The summed E-state index contributed by atoms with van der Waals surface area (Å²) in [5.74, 6) is 0.783. The molecule has 0 bridgehead atoms. The summed E-state index contributed by atoms with van der Waals surface area (Å²) in [6, 6.07) is 7.36. The molecular formula is C17H20N2O4S2. The molecule has 0 spiro atoms. The van der Waals surface area contributed by atoms with E-state index in [1.807, 2.05) is 31.2 Å². The van der Waals surface area contributed by atoms with E-state index in [2.05, 4.69) is 10.3 Å². The first-order valence-corrected chi connectivity index (χ1v) is 10.6. The Bertz CT molecular complexity index is 890. The van der Waals surface area contributed by atoms with Crippen molar-refractivity contribution in [2.75, 3.05) is 18.6 Å². The third kappa shape index (κ3) is 4.38. The lowest BCUT2D eigenvalue weighted by Gasteiger charge is -2.10. The smallest absolute Gasteiger partial charge is 0.225 e. The number of thiazole rings is 1. The van der Waals surface area contributed by atoms with E-state index in [9.17, 15) is 13.2 Å². The molecule has 2 aromatic rings. The van der Waals surface area contributed by atoms with E-state index in [0.717, 1.165) is 26.9 Å². The van der Waals surface area contributed by atoms with Gasteiger partial charge in [0.15, 0.2) is 9.84 Å². The molecule has 1 aromatic heterocycles. The molecule has 1 N–H and O–H groups in total. The molecule has 2 heterocycles. The van der Waals surface area contributed by atoms with Gasteiger partial charge in [-0.2, -0.15) is 0 Å². The maximum atomic E-state index is 12.2. The molecule has 1 aliphatic heterocycles. The molecule has 1 amide bonds. The molecule has 1 aliphatic rings. The topological polar surface area (TPSA) is 85.4 Å². The number of aryl methyl sites for hydroxylation is 1. The molecule has 6 nitrogen and oxygen atoms in total. The van der Waals surface area contributed by atoms with Gasteiger partial charge >= 0.3 is 0 Å². The van der Waals surface area contributed by atoms with E-state index in [0.29, 0.717) is 6.42 Å². The molecule has 0 radical (unpaired) electrons. The average molecular weight is 380 g/mol. The maximum Gasteiger partial charge on any atom is 0.225 e. The summed E-state index contributed by atoms with van der Waals surface area (Å²) >= 11 is 1.47. The number of aromatic nitrogens is 1. The second kappa shape index (κ2) is 7.13. The van der Waals surface area contributed by atoms with Crippen LogP contribution in [0.5, 0.6) is 5.75 Å². The lowest BCUT2D eigenvalue weighted by Crippen LogP contribution is -2.36. The number of hydrogen-bond acceptors (Lipinski definition) is 6. The predicted octanol–water partition coefficient (Wildman–Crippen LogP) is 1.97. The number of rotatable bonds is 5. The SMILES string of the molecule is COc1cccc(-c2nc(C)c(CC(=O)NC3CCS(=O)(=O)C3)s2)c1. The Balaban J connectivity index is 1.69. The standard InChI is InChI=1S/C17H20N2O4S2/c1-11-15(9-16(20)19-13-6-7-25(21,22)10-13)24-17(18-11)12-4-3-5-14(8-12)23-2/h3-5,8,13H,6-7,9-10H2,1-2H3,(H,19,20). The number of hydrogen-bond donors (Lipinski definition) is 1. The highest BCUT2D eigenvalue weighted by molar-refractivity contribution is 7.91. The van der Waals surface area contributed by atoms with Gasteiger partial charge in [0.05, 0.1) is 30.7 Å². The number of nitrogens with one attached hydrogen (secondary N) is 1. The molecule has 0 aliphatic carbocycles. The fourth-order valence-electron chi connectivity index (χ4n) is 2.80. The number of methoxy groups -OCH3 is 1. The third-order valence-electron chi connectivity index (χ3n) is 4.13. The number of ether oxygens (including phenoxy) is 1. The van der Waals surface area contributed by atoms with Crippen LogP contribution in [0.1, 0.15) is 17.0 Å². The summed E-state index contributed by atoms with van der Waals surface area (Å²) in [6.45, 7) is 1.88. The molecule has 1 aromatic carbocycles. The molecule has 1 saturated heterocycles. The van der Waals surface area contributed by atoms with Crippen molar-refractivity contribution in [2.24, 2.45) is 0 Å². The van der Waals surface area contributed by atoms with E-state index in [1.54, 1.807) is 7.11 Å². The van der Waals surface area contributed by atoms with Gasteiger partial charge in [-0.05, 0) is 25.5 Å². The van der Waals surface area contributed by atoms with E-state index in [4.69, 9.17) is 4.74 Å². The van der Waals surface area contributed by atoms with Crippen LogP contribution in [-0.2, 0) is 21.1 Å². The molecule has 0 saturated carbocycles. The molecule has 1 fully saturated rings. The van der Waals surface area contributed by atoms with Gasteiger partial charge in [0.25, 0.3) is 0 Å². The zero-order valence-corrected chi connectivity index (χ0v) is 15.7. The second-order valence-electron chi connectivity index (χ2n) is 6.10. The fourth-order valence-corrected chi connectivity index (χ4v) is 5.54. The minimum absolute atomic E-state index is 0.0372. The minimum Gasteiger partial charge on any atom is -0.497 e. The second-order valence-corrected chi connectivity index (χ2v) is 9.42. The van der Waals surface area contributed by atoms with Gasteiger partial charge in [-0.25, -0.2) is 13.4 Å². The van der Waals surface area contributed by atoms with Crippen molar-refractivity contribution in [1.29, 1.82) is 0 Å². The van der Waals surface area contributed by atoms with Gasteiger partial charge < -0.3 is 10.1 Å². The highest BCUT2D eigenvalue weighted by atomic mass is 32.2. The van der Waals surface area contributed by atoms with Crippen LogP contribution in [0, 0.1) is 6.92 Å². The summed E-state index contributed by atoms with van der Waals surface area (Å²) in [5.41, 5.74) is 1.76. The highest BCUT2D eigenvalue weighted by Gasteiger charge is 2.29. The zero-order chi connectivity index (χ0) is 18.0. The Hall–Kier alpha value is -1.93. The summed E-state index contributed by atoms with van der Waals surface area (Å²) in [4.78, 5) is 17.7.